The first-order chi connectivity index (χ1) is 6.59. The first-order valence-corrected chi connectivity index (χ1v) is 4.42. The minimum Gasteiger partial charge on any atom is -0.318 e. The minimum absolute atomic E-state index is 0.140. The molecule has 1 unspecified atom stereocenters. The number of nitrogens with two attached hydrogens (primary N) is 1. The maximum absolute atomic E-state index is 12.9. The molecular weight excluding hydrogens is 183 g/mol. The van der Waals surface area contributed by atoms with Crippen molar-refractivity contribution in [3.05, 3.63) is 29.6 Å². The van der Waals surface area contributed by atoms with Crippen molar-refractivity contribution >= 4 is 11.6 Å². The molecular formula is C10H11FN2O. The van der Waals surface area contributed by atoms with Crippen molar-refractivity contribution in [3.63, 3.8) is 0 Å². The molecule has 1 fully saturated rings. The van der Waals surface area contributed by atoms with Crippen LogP contribution in [0.1, 0.15) is 5.56 Å². The molecule has 1 atom stereocenters. The van der Waals surface area contributed by atoms with Gasteiger partial charge in [0.15, 0.2) is 0 Å². The molecule has 0 aromatic heterocycles. The van der Waals surface area contributed by atoms with Crippen LogP contribution >= 0.6 is 0 Å². The van der Waals surface area contributed by atoms with E-state index in [1.54, 1.807) is 6.07 Å². The number of nitrogens with zero attached hydrogens (tertiary/aromatic N) is 1. The van der Waals surface area contributed by atoms with Crippen LogP contribution in [0.2, 0.25) is 0 Å². The van der Waals surface area contributed by atoms with Crippen molar-refractivity contribution in [2.24, 2.45) is 5.73 Å². The Kier molecular flexibility index (Phi) is 2.00. The van der Waals surface area contributed by atoms with E-state index in [0.717, 1.165) is 5.56 Å². The third-order valence-electron chi connectivity index (χ3n) is 2.42. The van der Waals surface area contributed by atoms with Crippen LogP contribution in [0.4, 0.5) is 10.1 Å². The fourth-order valence-electron chi connectivity index (χ4n) is 1.54. The molecule has 1 amide bonds. The van der Waals surface area contributed by atoms with Crippen molar-refractivity contribution < 1.29 is 9.18 Å². The van der Waals surface area contributed by atoms with Crippen LogP contribution in [0.15, 0.2) is 18.2 Å². The minimum atomic E-state index is -0.419. The summed E-state index contributed by atoms with van der Waals surface area (Å²) in [6.07, 6.45) is 0. The standard InChI is InChI=1S/C10H11FN2O/c1-6-2-3-7(11)4-9(6)13-5-8(12)10(13)14/h2-4,8H,5,12H2,1H3. The summed E-state index contributed by atoms with van der Waals surface area (Å²) < 4.78 is 12.9. The molecule has 74 valence electrons. The summed E-state index contributed by atoms with van der Waals surface area (Å²) in [5.41, 5.74) is 6.96. The van der Waals surface area contributed by atoms with E-state index in [0.29, 0.717) is 12.2 Å². The molecule has 3 nitrogen and oxygen atoms in total. The molecule has 1 aliphatic rings. The third kappa shape index (κ3) is 1.28. The van der Waals surface area contributed by atoms with E-state index >= 15 is 0 Å². The Morgan fingerprint density at radius 1 is 1.57 bits per heavy atom. The van der Waals surface area contributed by atoms with Gasteiger partial charge < -0.3 is 10.6 Å². The van der Waals surface area contributed by atoms with Crippen LogP contribution in [0.25, 0.3) is 0 Å². The van der Waals surface area contributed by atoms with Crippen LogP contribution in [0.3, 0.4) is 0 Å². The van der Waals surface area contributed by atoms with E-state index in [1.807, 2.05) is 6.92 Å². The van der Waals surface area contributed by atoms with Crippen LogP contribution in [-0.2, 0) is 4.79 Å². The summed E-state index contributed by atoms with van der Waals surface area (Å²) in [6.45, 7) is 2.31. The Balaban J connectivity index is 2.33. The van der Waals surface area contributed by atoms with Gasteiger partial charge in [-0.2, -0.15) is 0 Å². The second-order valence-corrected chi connectivity index (χ2v) is 3.49. The third-order valence-corrected chi connectivity index (χ3v) is 2.42. The van der Waals surface area contributed by atoms with E-state index in [-0.39, 0.29) is 11.7 Å². The highest BCUT2D eigenvalue weighted by Gasteiger charge is 2.35. The molecule has 1 aromatic carbocycles. The Morgan fingerprint density at radius 3 is 2.86 bits per heavy atom. The molecule has 14 heavy (non-hydrogen) atoms. The number of carbonyl (C=O) groups is 1. The first kappa shape index (κ1) is 9.15. The Bertz CT molecular complexity index is 392. The van der Waals surface area contributed by atoms with Gasteiger partial charge in [0.2, 0.25) is 5.91 Å². The summed E-state index contributed by atoms with van der Waals surface area (Å²) >= 11 is 0. The summed E-state index contributed by atoms with van der Waals surface area (Å²) in [4.78, 5) is 12.8. The summed E-state index contributed by atoms with van der Waals surface area (Å²) in [5, 5.41) is 0. The van der Waals surface area contributed by atoms with Gasteiger partial charge in [-0.1, -0.05) is 6.07 Å². The number of carbonyl (C=O) groups excluding carboxylic acids is 1. The number of rotatable bonds is 1. The first-order valence-electron chi connectivity index (χ1n) is 4.42. The van der Waals surface area contributed by atoms with Crippen molar-refractivity contribution in [2.75, 3.05) is 11.4 Å². The van der Waals surface area contributed by atoms with Crippen molar-refractivity contribution in [1.29, 1.82) is 0 Å². The second kappa shape index (κ2) is 3.06. The SMILES string of the molecule is Cc1ccc(F)cc1N1CC(N)C1=O. The van der Waals surface area contributed by atoms with Gasteiger partial charge in [0.05, 0.1) is 6.54 Å². The number of β-lactam (4-membered cyclic amide) rings is 1. The smallest absolute Gasteiger partial charge is 0.245 e. The molecule has 2 N–H and O–H groups in total. The topological polar surface area (TPSA) is 46.3 Å². The highest BCUT2D eigenvalue weighted by Crippen LogP contribution is 2.25. The average molecular weight is 194 g/mol. The van der Waals surface area contributed by atoms with Gasteiger partial charge in [0, 0.05) is 5.69 Å². The average Bonchev–Trinajstić information content (AvgIpc) is 2.18. The zero-order valence-corrected chi connectivity index (χ0v) is 7.83. The van der Waals surface area contributed by atoms with Gasteiger partial charge in [-0.25, -0.2) is 4.39 Å². The molecule has 1 saturated heterocycles. The van der Waals surface area contributed by atoms with E-state index in [1.165, 1.54) is 17.0 Å². The van der Waals surface area contributed by atoms with Gasteiger partial charge in [0.25, 0.3) is 0 Å². The molecule has 0 bridgehead atoms. The Labute approximate surface area is 81.3 Å². The van der Waals surface area contributed by atoms with E-state index in [2.05, 4.69) is 0 Å². The van der Waals surface area contributed by atoms with E-state index in [9.17, 15) is 9.18 Å². The number of amides is 1. The quantitative estimate of drug-likeness (QED) is 0.672. The highest BCUT2D eigenvalue weighted by atomic mass is 19.1. The number of benzene rings is 1. The number of hydrogen-bond donors (Lipinski definition) is 1. The number of anilines is 1. The van der Waals surface area contributed by atoms with Crippen molar-refractivity contribution in [2.45, 2.75) is 13.0 Å². The van der Waals surface area contributed by atoms with Gasteiger partial charge >= 0.3 is 0 Å². The van der Waals surface area contributed by atoms with Gasteiger partial charge in [-0.15, -0.1) is 0 Å². The Hall–Kier alpha value is -1.42. The molecule has 0 aliphatic carbocycles. The zero-order chi connectivity index (χ0) is 10.3. The summed E-state index contributed by atoms with van der Waals surface area (Å²) in [5.74, 6) is -0.474. The maximum Gasteiger partial charge on any atom is 0.245 e. The molecule has 1 aromatic rings. The monoisotopic (exact) mass is 194 g/mol. The maximum atomic E-state index is 12.9. The van der Waals surface area contributed by atoms with Gasteiger partial charge in [0.1, 0.15) is 11.9 Å². The summed E-state index contributed by atoms with van der Waals surface area (Å²) in [6, 6.07) is 3.97. The molecule has 1 heterocycles. The van der Waals surface area contributed by atoms with E-state index < -0.39 is 6.04 Å². The lowest BCUT2D eigenvalue weighted by Crippen LogP contribution is -2.61. The molecule has 0 radical (unpaired) electrons. The Morgan fingerprint density at radius 2 is 2.29 bits per heavy atom. The van der Waals surface area contributed by atoms with Gasteiger partial charge in [-0.05, 0) is 24.6 Å². The molecule has 0 spiro atoms. The van der Waals surface area contributed by atoms with Crippen LogP contribution in [0, 0.1) is 12.7 Å². The fourth-order valence-corrected chi connectivity index (χ4v) is 1.54. The molecule has 0 saturated carbocycles. The normalized spacial score (nSPS) is 20.9. The number of halogens is 1. The largest absolute Gasteiger partial charge is 0.318 e. The van der Waals surface area contributed by atoms with Crippen LogP contribution < -0.4 is 10.6 Å². The second-order valence-electron chi connectivity index (χ2n) is 3.49. The van der Waals surface area contributed by atoms with E-state index in [4.69, 9.17) is 5.73 Å². The lowest BCUT2D eigenvalue weighted by molar-refractivity contribution is -0.123. The van der Waals surface area contributed by atoms with Crippen LogP contribution in [0.5, 0.6) is 0 Å². The predicted molar refractivity (Wildman–Crippen MR) is 51.5 cm³/mol. The summed E-state index contributed by atoms with van der Waals surface area (Å²) in [7, 11) is 0. The van der Waals surface area contributed by atoms with Crippen molar-refractivity contribution in [1.82, 2.24) is 0 Å². The number of aryl methyl sites for hydroxylation is 1. The molecule has 4 heteroatoms. The van der Waals surface area contributed by atoms with Crippen molar-refractivity contribution in [3.8, 4) is 0 Å². The lowest BCUT2D eigenvalue weighted by Gasteiger charge is -2.36. The predicted octanol–water partition coefficient (Wildman–Crippen LogP) is 0.808. The van der Waals surface area contributed by atoms with Gasteiger partial charge in [-0.3, -0.25) is 4.79 Å². The molecule has 1 aliphatic heterocycles. The fraction of sp³-hybridized carbons (Fsp3) is 0.300. The molecule has 2 rings (SSSR count). The lowest BCUT2D eigenvalue weighted by atomic mass is 10.0. The zero-order valence-electron chi connectivity index (χ0n) is 7.83. The highest BCUT2D eigenvalue weighted by molar-refractivity contribution is 6.04. The van der Waals surface area contributed by atoms with Crippen LogP contribution in [-0.4, -0.2) is 18.5 Å². The number of hydrogen-bond acceptors (Lipinski definition) is 2.